The zero-order valence-electron chi connectivity index (χ0n) is 11.9. The Bertz CT molecular complexity index is 405. The lowest BCUT2D eigenvalue weighted by Gasteiger charge is -2.29. The van der Waals surface area contributed by atoms with Gasteiger partial charge >= 0.3 is 0 Å². The molecule has 0 saturated carbocycles. The second kappa shape index (κ2) is 7.24. The quantitative estimate of drug-likeness (QED) is 0.860. The van der Waals surface area contributed by atoms with Crippen LogP contribution in [0.15, 0.2) is 24.3 Å². The first kappa shape index (κ1) is 15.6. The van der Waals surface area contributed by atoms with Gasteiger partial charge in [-0.1, -0.05) is 25.5 Å². The van der Waals surface area contributed by atoms with E-state index < -0.39 is 0 Å². The molecule has 0 fully saturated rings. The van der Waals surface area contributed by atoms with E-state index in [-0.39, 0.29) is 23.7 Å². The smallest absolute Gasteiger partial charge is 0.227 e. The Balaban J connectivity index is 2.77. The number of rotatable bonds is 6. The Morgan fingerprint density at radius 2 is 1.95 bits per heavy atom. The molecule has 4 heteroatoms. The van der Waals surface area contributed by atoms with Crippen LogP contribution < -0.4 is 5.73 Å². The lowest BCUT2D eigenvalue weighted by molar-refractivity contribution is -0.136. The molecule has 0 aliphatic rings. The van der Waals surface area contributed by atoms with Crippen molar-refractivity contribution < 1.29 is 9.18 Å². The van der Waals surface area contributed by atoms with Crippen LogP contribution in [-0.2, 0) is 4.79 Å². The van der Waals surface area contributed by atoms with E-state index in [2.05, 4.69) is 0 Å². The van der Waals surface area contributed by atoms with Crippen LogP contribution in [0.4, 0.5) is 4.39 Å². The van der Waals surface area contributed by atoms with E-state index >= 15 is 0 Å². The van der Waals surface area contributed by atoms with Crippen LogP contribution in [0.3, 0.4) is 0 Å². The molecule has 0 aliphatic heterocycles. The molecule has 3 nitrogen and oxygen atoms in total. The summed E-state index contributed by atoms with van der Waals surface area (Å²) in [4.78, 5) is 14.0. The van der Waals surface area contributed by atoms with Crippen molar-refractivity contribution >= 4 is 5.91 Å². The van der Waals surface area contributed by atoms with Crippen LogP contribution in [-0.4, -0.2) is 24.4 Å². The number of nitrogens with two attached hydrogens (primary N) is 1. The summed E-state index contributed by atoms with van der Waals surface area (Å²) in [6.07, 6.45) is 1.74. The van der Waals surface area contributed by atoms with Gasteiger partial charge in [-0.2, -0.15) is 0 Å². The van der Waals surface area contributed by atoms with Gasteiger partial charge in [0.2, 0.25) is 5.91 Å². The maximum atomic E-state index is 12.9. The topological polar surface area (TPSA) is 46.3 Å². The van der Waals surface area contributed by atoms with Crippen LogP contribution in [0, 0.1) is 11.7 Å². The van der Waals surface area contributed by atoms with E-state index in [1.807, 2.05) is 13.8 Å². The van der Waals surface area contributed by atoms with Gasteiger partial charge in [0, 0.05) is 13.6 Å². The van der Waals surface area contributed by atoms with Crippen LogP contribution >= 0.6 is 0 Å². The molecule has 1 aromatic rings. The van der Waals surface area contributed by atoms with Crippen molar-refractivity contribution in [1.82, 2.24) is 4.90 Å². The third-order valence-corrected chi connectivity index (χ3v) is 3.55. The third kappa shape index (κ3) is 4.03. The summed E-state index contributed by atoms with van der Waals surface area (Å²) in [6, 6.07) is 6.16. The molecular formula is C15H23FN2O. The average molecular weight is 266 g/mol. The van der Waals surface area contributed by atoms with E-state index in [1.54, 1.807) is 24.1 Å². The molecule has 0 radical (unpaired) electrons. The highest BCUT2D eigenvalue weighted by Gasteiger charge is 2.24. The second-order valence-corrected chi connectivity index (χ2v) is 4.90. The van der Waals surface area contributed by atoms with Crippen molar-refractivity contribution in [3.05, 3.63) is 35.6 Å². The molecule has 0 heterocycles. The van der Waals surface area contributed by atoms with E-state index in [4.69, 9.17) is 5.73 Å². The van der Waals surface area contributed by atoms with Crippen molar-refractivity contribution in [3.63, 3.8) is 0 Å². The van der Waals surface area contributed by atoms with E-state index in [0.717, 1.165) is 18.4 Å². The highest BCUT2D eigenvalue weighted by atomic mass is 19.1. The minimum absolute atomic E-state index is 0.0566. The van der Waals surface area contributed by atoms with Crippen LogP contribution in [0.2, 0.25) is 0 Å². The summed E-state index contributed by atoms with van der Waals surface area (Å²) in [5.41, 5.74) is 6.58. The Morgan fingerprint density at radius 1 is 1.37 bits per heavy atom. The number of amides is 1. The number of hydrogen-bond donors (Lipinski definition) is 1. The number of nitrogens with zero attached hydrogens (tertiary/aromatic N) is 1. The van der Waals surface area contributed by atoms with Crippen LogP contribution in [0.25, 0.3) is 0 Å². The van der Waals surface area contributed by atoms with Gasteiger partial charge in [0.05, 0.1) is 12.0 Å². The first-order chi connectivity index (χ1) is 9.01. The average Bonchev–Trinajstić information content (AvgIpc) is 2.43. The van der Waals surface area contributed by atoms with Gasteiger partial charge in [-0.3, -0.25) is 4.79 Å². The van der Waals surface area contributed by atoms with Crippen molar-refractivity contribution in [2.75, 3.05) is 13.6 Å². The Morgan fingerprint density at radius 3 is 2.42 bits per heavy atom. The lowest BCUT2D eigenvalue weighted by Crippen LogP contribution is -2.38. The third-order valence-electron chi connectivity index (χ3n) is 3.55. The first-order valence-electron chi connectivity index (χ1n) is 6.73. The van der Waals surface area contributed by atoms with Crippen molar-refractivity contribution in [1.29, 1.82) is 0 Å². The summed E-state index contributed by atoms with van der Waals surface area (Å²) in [5.74, 6) is -0.338. The molecule has 19 heavy (non-hydrogen) atoms. The lowest BCUT2D eigenvalue weighted by atomic mass is 10.00. The van der Waals surface area contributed by atoms with Crippen molar-refractivity contribution in [2.45, 2.75) is 32.7 Å². The molecule has 2 unspecified atom stereocenters. The standard InChI is InChI=1S/C15H23FN2O/c1-4-5-13(10-17)15(19)18(3)11(2)12-6-8-14(16)9-7-12/h6-9,11,13H,4-5,10,17H2,1-3H3. The largest absolute Gasteiger partial charge is 0.339 e. The summed E-state index contributed by atoms with van der Waals surface area (Å²) in [5, 5.41) is 0. The highest BCUT2D eigenvalue weighted by molar-refractivity contribution is 5.79. The fourth-order valence-corrected chi connectivity index (χ4v) is 2.13. The predicted octanol–water partition coefficient (Wildman–Crippen LogP) is 2.72. The molecule has 0 spiro atoms. The van der Waals surface area contributed by atoms with Gasteiger partial charge in [0.15, 0.2) is 0 Å². The molecule has 1 rings (SSSR count). The summed E-state index contributed by atoms with van der Waals surface area (Å²) < 4.78 is 12.9. The molecule has 1 aromatic carbocycles. The number of hydrogen-bond acceptors (Lipinski definition) is 2. The van der Waals surface area contributed by atoms with E-state index in [9.17, 15) is 9.18 Å². The van der Waals surface area contributed by atoms with E-state index in [0.29, 0.717) is 6.54 Å². The van der Waals surface area contributed by atoms with Gasteiger partial charge in [-0.05, 0) is 31.0 Å². The maximum Gasteiger partial charge on any atom is 0.227 e. The molecule has 0 bridgehead atoms. The molecule has 0 aliphatic carbocycles. The highest BCUT2D eigenvalue weighted by Crippen LogP contribution is 2.21. The van der Waals surface area contributed by atoms with Gasteiger partial charge in [0.1, 0.15) is 5.82 Å². The number of halogens is 1. The van der Waals surface area contributed by atoms with Gasteiger partial charge in [-0.25, -0.2) is 4.39 Å². The molecule has 2 atom stereocenters. The monoisotopic (exact) mass is 266 g/mol. The van der Waals surface area contributed by atoms with Crippen molar-refractivity contribution in [3.8, 4) is 0 Å². The van der Waals surface area contributed by atoms with Crippen LogP contribution in [0.5, 0.6) is 0 Å². The van der Waals surface area contributed by atoms with Gasteiger partial charge < -0.3 is 10.6 Å². The van der Waals surface area contributed by atoms with E-state index in [1.165, 1.54) is 12.1 Å². The predicted molar refractivity (Wildman–Crippen MR) is 75.0 cm³/mol. The molecule has 0 saturated heterocycles. The Labute approximate surface area is 114 Å². The summed E-state index contributed by atoms with van der Waals surface area (Å²) in [6.45, 7) is 4.34. The Hall–Kier alpha value is -1.42. The SMILES string of the molecule is CCCC(CN)C(=O)N(C)C(C)c1ccc(F)cc1. The summed E-state index contributed by atoms with van der Waals surface area (Å²) in [7, 11) is 1.77. The minimum Gasteiger partial charge on any atom is -0.339 e. The second-order valence-electron chi connectivity index (χ2n) is 4.90. The number of benzene rings is 1. The molecule has 2 N–H and O–H groups in total. The first-order valence-corrected chi connectivity index (χ1v) is 6.73. The summed E-state index contributed by atoms with van der Waals surface area (Å²) >= 11 is 0. The zero-order valence-corrected chi connectivity index (χ0v) is 11.9. The molecule has 1 amide bonds. The van der Waals surface area contributed by atoms with Crippen LogP contribution in [0.1, 0.15) is 38.3 Å². The fourth-order valence-electron chi connectivity index (χ4n) is 2.13. The van der Waals surface area contributed by atoms with Crippen molar-refractivity contribution in [2.24, 2.45) is 11.7 Å². The maximum absolute atomic E-state index is 12.9. The van der Waals surface area contributed by atoms with Gasteiger partial charge in [0.25, 0.3) is 0 Å². The van der Waals surface area contributed by atoms with Gasteiger partial charge in [-0.15, -0.1) is 0 Å². The molecular weight excluding hydrogens is 243 g/mol. The minimum atomic E-state index is -0.268. The normalized spacial score (nSPS) is 13.9. The molecule has 0 aromatic heterocycles. The molecule has 106 valence electrons. The number of carbonyl (C=O) groups excluding carboxylic acids is 1. The zero-order chi connectivity index (χ0) is 14.4. The number of carbonyl (C=O) groups is 1. The fraction of sp³-hybridized carbons (Fsp3) is 0.533. The Kier molecular flexibility index (Phi) is 5.96.